The molecule has 0 bridgehead atoms. The molecule has 0 amide bonds. The second-order valence-corrected chi connectivity index (χ2v) is 5.40. The standard InChI is InChI=1S/C20H20N.BrH/c1-17(20-10-6-3-7-11-20)21-14-12-19(13-15-21)16-18-8-4-2-5-9-18;/h2-15,17H,16H2,1H3;1H/q+1;/p-1. The van der Waals surface area contributed by atoms with E-state index in [4.69, 9.17) is 0 Å². The second kappa shape index (κ2) is 7.90. The van der Waals surface area contributed by atoms with E-state index in [-0.39, 0.29) is 17.0 Å². The van der Waals surface area contributed by atoms with Gasteiger partial charge in [0.05, 0.1) is 0 Å². The Morgan fingerprint density at radius 2 is 1.23 bits per heavy atom. The van der Waals surface area contributed by atoms with Crippen LogP contribution >= 0.6 is 0 Å². The fraction of sp³-hybridized carbons (Fsp3) is 0.150. The van der Waals surface area contributed by atoms with Gasteiger partial charge in [-0.3, -0.25) is 0 Å². The molecule has 1 heterocycles. The molecule has 1 atom stereocenters. The summed E-state index contributed by atoms with van der Waals surface area (Å²) in [5.74, 6) is 0. The Bertz CT molecular complexity index is 678. The van der Waals surface area contributed by atoms with Crippen molar-refractivity contribution in [2.45, 2.75) is 19.4 Å². The summed E-state index contributed by atoms with van der Waals surface area (Å²) in [6.07, 6.45) is 5.34. The molecule has 0 radical (unpaired) electrons. The Morgan fingerprint density at radius 1 is 0.727 bits per heavy atom. The third kappa shape index (κ3) is 4.05. The van der Waals surface area contributed by atoms with Crippen molar-refractivity contribution in [2.24, 2.45) is 0 Å². The minimum absolute atomic E-state index is 0. The fourth-order valence-corrected chi connectivity index (χ4v) is 2.58. The van der Waals surface area contributed by atoms with Gasteiger partial charge in [0, 0.05) is 24.6 Å². The van der Waals surface area contributed by atoms with Gasteiger partial charge in [0.25, 0.3) is 0 Å². The Hall–Kier alpha value is -1.93. The van der Waals surface area contributed by atoms with E-state index in [0.717, 1.165) is 6.42 Å². The molecule has 0 fully saturated rings. The third-order valence-electron chi connectivity index (χ3n) is 3.90. The number of pyridine rings is 1. The lowest BCUT2D eigenvalue weighted by Gasteiger charge is -2.08. The Balaban J connectivity index is 0.00000176. The second-order valence-electron chi connectivity index (χ2n) is 5.40. The number of benzene rings is 2. The molecule has 0 spiro atoms. The molecule has 0 N–H and O–H groups in total. The van der Waals surface area contributed by atoms with Gasteiger partial charge < -0.3 is 17.0 Å². The molecule has 3 aromatic rings. The average Bonchev–Trinajstić information content (AvgIpc) is 2.57. The van der Waals surface area contributed by atoms with Crippen molar-refractivity contribution < 1.29 is 21.5 Å². The molecule has 1 unspecified atom stereocenters. The highest BCUT2D eigenvalue weighted by molar-refractivity contribution is 5.23. The summed E-state index contributed by atoms with van der Waals surface area (Å²) in [4.78, 5) is 0. The number of halogens is 1. The fourth-order valence-electron chi connectivity index (χ4n) is 2.58. The van der Waals surface area contributed by atoms with Crippen LogP contribution in [0, 0.1) is 0 Å². The maximum absolute atomic E-state index is 2.25. The van der Waals surface area contributed by atoms with Gasteiger partial charge in [-0.2, -0.15) is 4.57 Å². The zero-order chi connectivity index (χ0) is 14.5. The summed E-state index contributed by atoms with van der Waals surface area (Å²) in [7, 11) is 0. The molecule has 0 saturated heterocycles. The summed E-state index contributed by atoms with van der Waals surface area (Å²) < 4.78 is 2.25. The summed E-state index contributed by atoms with van der Waals surface area (Å²) in [5, 5.41) is 0. The minimum atomic E-state index is 0. The summed E-state index contributed by atoms with van der Waals surface area (Å²) in [6, 6.07) is 26.0. The van der Waals surface area contributed by atoms with Gasteiger partial charge in [-0.15, -0.1) is 0 Å². The van der Waals surface area contributed by atoms with E-state index in [2.05, 4.69) is 96.7 Å². The molecular formula is C20H20BrN. The van der Waals surface area contributed by atoms with Gasteiger partial charge in [0.2, 0.25) is 0 Å². The van der Waals surface area contributed by atoms with E-state index in [1.807, 2.05) is 0 Å². The van der Waals surface area contributed by atoms with Crippen LogP contribution in [0.5, 0.6) is 0 Å². The third-order valence-corrected chi connectivity index (χ3v) is 3.90. The quantitative estimate of drug-likeness (QED) is 0.620. The van der Waals surface area contributed by atoms with Gasteiger partial charge in [-0.1, -0.05) is 60.7 Å². The van der Waals surface area contributed by atoms with Crippen molar-refractivity contribution in [3.8, 4) is 0 Å². The highest BCUT2D eigenvalue weighted by Crippen LogP contribution is 2.12. The number of hydrogen-bond donors (Lipinski definition) is 0. The zero-order valence-electron chi connectivity index (χ0n) is 12.7. The highest BCUT2D eigenvalue weighted by Gasteiger charge is 2.13. The van der Waals surface area contributed by atoms with Crippen molar-refractivity contribution in [1.29, 1.82) is 0 Å². The van der Waals surface area contributed by atoms with Crippen LogP contribution in [0.1, 0.15) is 29.7 Å². The summed E-state index contributed by atoms with van der Waals surface area (Å²) in [5.41, 5.74) is 4.03. The van der Waals surface area contributed by atoms with Gasteiger partial charge >= 0.3 is 0 Å². The first-order chi connectivity index (χ1) is 10.3. The van der Waals surface area contributed by atoms with E-state index in [9.17, 15) is 0 Å². The molecule has 0 saturated carbocycles. The number of nitrogens with zero attached hydrogens (tertiary/aromatic N) is 1. The van der Waals surface area contributed by atoms with Crippen LogP contribution in [0.4, 0.5) is 0 Å². The molecule has 22 heavy (non-hydrogen) atoms. The van der Waals surface area contributed by atoms with Crippen LogP contribution in [0.15, 0.2) is 85.2 Å². The lowest BCUT2D eigenvalue weighted by Crippen LogP contribution is -3.00. The predicted octanol–water partition coefficient (Wildman–Crippen LogP) is 1.18. The van der Waals surface area contributed by atoms with Crippen LogP contribution in [0.3, 0.4) is 0 Å². The van der Waals surface area contributed by atoms with E-state index < -0.39 is 0 Å². The molecule has 2 heteroatoms. The number of aromatic nitrogens is 1. The van der Waals surface area contributed by atoms with Crippen molar-refractivity contribution in [3.05, 3.63) is 102 Å². The predicted molar refractivity (Wildman–Crippen MR) is 86.1 cm³/mol. The normalized spacial score (nSPS) is 11.5. The zero-order valence-corrected chi connectivity index (χ0v) is 14.3. The smallest absolute Gasteiger partial charge is 0.180 e. The summed E-state index contributed by atoms with van der Waals surface area (Å²) >= 11 is 0. The van der Waals surface area contributed by atoms with E-state index in [0.29, 0.717) is 6.04 Å². The van der Waals surface area contributed by atoms with Crippen molar-refractivity contribution in [2.75, 3.05) is 0 Å². The van der Waals surface area contributed by atoms with Crippen LogP contribution in [0.25, 0.3) is 0 Å². The van der Waals surface area contributed by atoms with Crippen LogP contribution in [-0.2, 0) is 6.42 Å². The Kier molecular flexibility index (Phi) is 5.91. The topological polar surface area (TPSA) is 3.88 Å². The van der Waals surface area contributed by atoms with Gasteiger partial charge in [0.15, 0.2) is 18.4 Å². The molecule has 0 aliphatic carbocycles. The lowest BCUT2D eigenvalue weighted by molar-refractivity contribution is -0.710. The minimum Gasteiger partial charge on any atom is -1.00 e. The number of hydrogen-bond acceptors (Lipinski definition) is 0. The molecule has 1 nitrogen and oxygen atoms in total. The first kappa shape index (κ1) is 16.4. The number of rotatable bonds is 4. The molecule has 0 aliphatic rings. The van der Waals surface area contributed by atoms with Crippen LogP contribution in [-0.4, -0.2) is 0 Å². The molecule has 2 aromatic carbocycles. The Labute approximate surface area is 143 Å². The van der Waals surface area contributed by atoms with Gasteiger partial charge in [-0.05, 0) is 17.5 Å². The van der Waals surface area contributed by atoms with Crippen molar-refractivity contribution in [1.82, 2.24) is 0 Å². The first-order valence-corrected chi connectivity index (χ1v) is 7.41. The largest absolute Gasteiger partial charge is 1.00 e. The SMILES string of the molecule is CC(c1ccccc1)[n+]1ccc(Cc2ccccc2)cc1.[Br-]. The monoisotopic (exact) mass is 353 g/mol. The van der Waals surface area contributed by atoms with Crippen LogP contribution < -0.4 is 21.5 Å². The molecule has 0 aliphatic heterocycles. The highest BCUT2D eigenvalue weighted by atomic mass is 79.9. The van der Waals surface area contributed by atoms with Crippen molar-refractivity contribution >= 4 is 0 Å². The maximum Gasteiger partial charge on any atom is 0.180 e. The van der Waals surface area contributed by atoms with E-state index >= 15 is 0 Å². The summed E-state index contributed by atoms with van der Waals surface area (Å²) in [6.45, 7) is 2.23. The molecule has 112 valence electrons. The maximum atomic E-state index is 2.25. The Morgan fingerprint density at radius 3 is 1.82 bits per heavy atom. The molecule has 3 rings (SSSR count). The van der Waals surface area contributed by atoms with Gasteiger partial charge in [-0.25, -0.2) is 0 Å². The van der Waals surface area contributed by atoms with E-state index in [1.54, 1.807) is 0 Å². The van der Waals surface area contributed by atoms with Gasteiger partial charge in [0.1, 0.15) is 0 Å². The molecule has 1 aromatic heterocycles. The molecular weight excluding hydrogens is 334 g/mol. The lowest BCUT2D eigenvalue weighted by atomic mass is 10.1. The van der Waals surface area contributed by atoms with Crippen LogP contribution in [0.2, 0.25) is 0 Å². The average molecular weight is 354 g/mol. The first-order valence-electron chi connectivity index (χ1n) is 7.41. The van der Waals surface area contributed by atoms with E-state index in [1.165, 1.54) is 16.7 Å². The van der Waals surface area contributed by atoms with Crippen molar-refractivity contribution in [3.63, 3.8) is 0 Å².